The van der Waals surface area contributed by atoms with E-state index in [1.807, 2.05) is 6.92 Å². The number of amides is 1. The van der Waals surface area contributed by atoms with E-state index < -0.39 is 0 Å². The fourth-order valence-corrected chi connectivity index (χ4v) is 3.71. The summed E-state index contributed by atoms with van der Waals surface area (Å²) in [4.78, 5) is 16.7. The van der Waals surface area contributed by atoms with Gasteiger partial charge in [-0.05, 0) is 32.3 Å². The summed E-state index contributed by atoms with van der Waals surface area (Å²) >= 11 is 0. The number of rotatable bonds is 2. The summed E-state index contributed by atoms with van der Waals surface area (Å²) < 4.78 is 10.4. The second-order valence-electron chi connectivity index (χ2n) is 6.47. The highest BCUT2D eigenvalue weighted by Gasteiger charge is 2.55. The molecule has 2 fully saturated rings. The molecular formula is C16H19N3O4. The van der Waals surface area contributed by atoms with E-state index in [9.17, 15) is 9.90 Å². The number of aliphatic hydroxyl groups excluding tert-OH is 1. The first kappa shape index (κ1) is 14.6. The molecule has 7 heteroatoms. The Morgan fingerprint density at radius 1 is 1.43 bits per heavy atom. The van der Waals surface area contributed by atoms with Gasteiger partial charge in [-0.25, -0.2) is 4.98 Å². The predicted molar refractivity (Wildman–Crippen MR) is 80.9 cm³/mol. The standard InChI is InChI=1S/C16H19N3O4/c1-9-11-6-10(8-17-15(11)23-19-9)14(21)18-12-7-13(20)16(12)2-4-22-5-3-16/h6,8,12-13,20H,2-5,7H2,1H3,(H,18,21)/t12-,13-/m1/s1. The molecule has 2 aromatic rings. The fourth-order valence-electron chi connectivity index (χ4n) is 3.71. The molecular weight excluding hydrogens is 298 g/mol. The quantitative estimate of drug-likeness (QED) is 0.863. The molecule has 1 spiro atoms. The van der Waals surface area contributed by atoms with Crippen molar-refractivity contribution in [2.24, 2.45) is 5.41 Å². The molecule has 0 unspecified atom stereocenters. The Hall–Kier alpha value is -1.99. The van der Waals surface area contributed by atoms with Crippen LogP contribution in [0.5, 0.6) is 0 Å². The van der Waals surface area contributed by atoms with Crippen molar-refractivity contribution in [3.63, 3.8) is 0 Å². The van der Waals surface area contributed by atoms with Crippen LogP contribution < -0.4 is 5.32 Å². The van der Waals surface area contributed by atoms with Crippen molar-refractivity contribution in [2.45, 2.75) is 38.3 Å². The zero-order chi connectivity index (χ0) is 16.0. The molecule has 122 valence electrons. The van der Waals surface area contributed by atoms with Crippen molar-refractivity contribution in [1.29, 1.82) is 0 Å². The lowest BCUT2D eigenvalue weighted by atomic mass is 9.58. The van der Waals surface area contributed by atoms with Gasteiger partial charge in [0.2, 0.25) is 0 Å². The monoisotopic (exact) mass is 317 g/mol. The molecule has 1 saturated heterocycles. The molecule has 2 aliphatic rings. The third-order valence-electron chi connectivity index (χ3n) is 5.32. The van der Waals surface area contributed by atoms with Gasteiger partial charge in [0.25, 0.3) is 11.6 Å². The van der Waals surface area contributed by atoms with E-state index in [0.29, 0.717) is 36.6 Å². The van der Waals surface area contributed by atoms with Crippen molar-refractivity contribution in [2.75, 3.05) is 13.2 Å². The van der Waals surface area contributed by atoms with Crippen molar-refractivity contribution in [3.8, 4) is 0 Å². The highest BCUT2D eigenvalue weighted by atomic mass is 16.5. The minimum atomic E-state index is -0.363. The third-order valence-corrected chi connectivity index (χ3v) is 5.32. The van der Waals surface area contributed by atoms with Gasteiger partial charge in [0.15, 0.2) is 0 Å². The largest absolute Gasteiger partial charge is 0.392 e. The number of carbonyl (C=O) groups is 1. The highest BCUT2D eigenvalue weighted by Crippen LogP contribution is 2.49. The Morgan fingerprint density at radius 2 is 2.22 bits per heavy atom. The van der Waals surface area contributed by atoms with Gasteiger partial charge in [0.1, 0.15) is 0 Å². The summed E-state index contributed by atoms with van der Waals surface area (Å²) in [6, 6.07) is 1.73. The zero-order valence-electron chi connectivity index (χ0n) is 12.9. The van der Waals surface area contributed by atoms with Crippen LogP contribution in [0, 0.1) is 12.3 Å². The summed E-state index contributed by atoms with van der Waals surface area (Å²) in [5.41, 5.74) is 1.38. The van der Waals surface area contributed by atoms with Crippen molar-refractivity contribution < 1.29 is 19.2 Å². The molecule has 1 aliphatic carbocycles. The van der Waals surface area contributed by atoms with Crippen molar-refractivity contribution in [3.05, 3.63) is 23.5 Å². The number of pyridine rings is 1. The Labute approximate surface area is 133 Å². The molecule has 4 rings (SSSR count). The molecule has 0 aromatic carbocycles. The van der Waals surface area contributed by atoms with Crippen LogP contribution in [-0.2, 0) is 4.74 Å². The van der Waals surface area contributed by atoms with E-state index in [-0.39, 0.29) is 23.5 Å². The first-order valence-electron chi connectivity index (χ1n) is 7.89. The Balaban J connectivity index is 1.53. The predicted octanol–water partition coefficient (Wildman–Crippen LogP) is 1.19. The van der Waals surface area contributed by atoms with Crippen molar-refractivity contribution >= 4 is 17.0 Å². The maximum Gasteiger partial charge on any atom is 0.257 e. The Bertz CT molecular complexity index is 751. The normalized spacial score (nSPS) is 26.2. The summed E-state index contributed by atoms with van der Waals surface area (Å²) in [5.74, 6) is -0.178. The van der Waals surface area contributed by atoms with E-state index in [0.717, 1.165) is 18.2 Å². The topological polar surface area (TPSA) is 97.5 Å². The second kappa shape index (κ2) is 5.28. The number of aliphatic hydroxyl groups is 1. The van der Waals surface area contributed by atoms with Crippen LogP contribution in [0.1, 0.15) is 35.3 Å². The number of aryl methyl sites for hydroxylation is 1. The fraction of sp³-hybridized carbons (Fsp3) is 0.562. The number of fused-ring (bicyclic) bond motifs is 1. The molecule has 0 radical (unpaired) electrons. The minimum absolute atomic E-state index is 0.0202. The first-order valence-corrected chi connectivity index (χ1v) is 7.89. The SMILES string of the molecule is Cc1noc2ncc(C(=O)N[C@@H]3C[C@@H](O)C34CCOCC4)cc12. The van der Waals surface area contributed by atoms with Crippen LogP contribution in [0.4, 0.5) is 0 Å². The zero-order valence-corrected chi connectivity index (χ0v) is 12.9. The number of hydrogen-bond acceptors (Lipinski definition) is 6. The van der Waals surface area contributed by atoms with Gasteiger partial charge < -0.3 is 19.7 Å². The Kier molecular flexibility index (Phi) is 3.35. The van der Waals surface area contributed by atoms with Gasteiger partial charge in [0, 0.05) is 30.9 Å². The number of aromatic nitrogens is 2. The first-order chi connectivity index (χ1) is 11.1. The van der Waals surface area contributed by atoms with Gasteiger partial charge in [-0.1, -0.05) is 5.16 Å². The van der Waals surface area contributed by atoms with Gasteiger partial charge in [-0.3, -0.25) is 4.79 Å². The molecule has 7 nitrogen and oxygen atoms in total. The van der Waals surface area contributed by atoms with Crippen LogP contribution in [0.2, 0.25) is 0 Å². The lowest BCUT2D eigenvalue weighted by molar-refractivity contribution is -0.145. The molecule has 3 heterocycles. The number of hydrogen-bond donors (Lipinski definition) is 2. The Morgan fingerprint density at radius 3 is 2.96 bits per heavy atom. The second-order valence-corrected chi connectivity index (χ2v) is 6.47. The van der Waals surface area contributed by atoms with E-state index in [4.69, 9.17) is 9.26 Å². The number of nitrogens with one attached hydrogen (secondary N) is 1. The maximum absolute atomic E-state index is 12.5. The lowest BCUT2D eigenvalue weighted by Gasteiger charge is -2.55. The van der Waals surface area contributed by atoms with Crippen molar-refractivity contribution in [1.82, 2.24) is 15.5 Å². The highest BCUT2D eigenvalue weighted by molar-refractivity contribution is 5.97. The van der Waals surface area contributed by atoms with Gasteiger partial charge in [-0.2, -0.15) is 0 Å². The van der Waals surface area contributed by atoms with Crippen LogP contribution in [0.3, 0.4) is 0 Å². The summed E-state index contributed by atoms with van der Waals surface area (Å²) in [6.45, 7) is 3.09. The average molecular weight is 317 g/mol. The number of carbonyl (C=O) groups excluding carboxylic acids is 1. The van der Waals surface area contributed by atoms with E-state index in [1.54, 1.807) is 6.07 Å². The van der Waals surface area contributed by atoms with Gasteiger partial charge >= 0.3 is 0 Å². The summed E-state index contributed by atoms with van der Waals surface area (Å²) in [6.07, 6.45) is 3.28. The maximum atomic E-state index is 12.5. The van der Waals surface area contributed by atoms with Gasteiger partial charge in [-0.15, -0.1) is 0 Å². The van der Waals surface area contributed by atoms with Crippen LogP contribution in [-0.4, -0.2) is 46.5 Å². The van der Waals surface area contributed by atoms with Crippen LogP contribution in [0.15, 0.2) is 16.8 Å². The number of nitrogens with zero attached hydrogens (tertiary/aromatic N) is 2. The average Bonchev–Trinajstić information content (AvgIpc) is 2.96. The summed E-state index contributed by atoms with van der Waals surface area (Å²) in [5, 5.41) is 17.8. The van der Waals surface area contributed by atoms with Crippen LogP contribution >= 0.6 is 0 Å². The summed E-state index contributed by atoms with van der Waals surface area (Å²) in [7, 11) is 0. The third kappa shape index (κ3) is 2.22. The molecule has 2 atom stereocenters. The smallest absolute Gasteiger partial charge is 0.257 e. The van der Waals surface area contributed by atoms with E-state index in [2.05, 4.69) is 15.5 Å². The molecule has 2 N–H and O–H groups in total. The van der Waals surface area contributed by atoms with E-state index in [1.165, 1.54) is 6.20 Å². The molecule has 1 aliphatic heterocycles. The van der Waals surface area contributed by atoms with Gasteiger partial charge in [0.05, 0.1) is 22.7 Å². The minimum Gasteiger partial charge on any atom is -0.392 e. The van der Waals surface area contributed by atoms with E-state index >= 15 is 0 Å². The molecule has 23 heavy (non-hydrogen) atoms. The molecule has 1 amide bonds. The lowest BCUT2D eigenvalue weighted by Crippen LogP contribution is -2.65. The molecule has 2 aromatic heterocycles. The molecule has 1 saturated carbocycles. The number of ether oxygens (including phenoxy) is 1. The molecule has 0 bridgehead atoms. The van der Waals surface area contributed by atoms with Crippen LogP contribution in [0.25, 0.3) is 11.1 Å².